The van der Waals surface area contributed by atoms with Crippen molar-refractivity contribution in [1.82, 2.24) is 5.32 Å². The minimum absolute atomic E-state index is 0.0942. The maximum Gasteiger partial charge on any atom is 0.413 e. The van der Waals surface area contributed by atoms with E-state index in [0.717, 1.165) is 7.11 Å². The molecule has 1 rings (SSSR count). The van der Waals surface area contributed by atoms with Crippen molar-refractivity contribution in [2.75, 3.05) is 21.3 Å². The fourth-order valence-electron chi connectivity index (χ4n) is 1.70. The number of ether oxygens (including phenoxy) is 4. The standard InChI is InChI=1S/C15H19NO7/c1-9(14(18)16-15(19)22-4)23-13(17)7-10-5-6-11(20-2)8-12(10)21-3/h5-6,8-9H,7H2,1-4H3,(H,16,18,19)/t9-/m0/s1. The number of hydrogen-bond acceptors (Lipinski definition) is 7. The lowest BCUT2D eigenvalue weighted by Crippen LogP contribution is -2.39. The second-order valence-corrected chi connectivity index (χ2v) is 4.47. The minimum Gasteiger partial charge on any atom is -0.497 e. The Labute approximate surface area is 133 Å². The van der Waals surface area contributed by atoms with Gasteiger partial charge in [-0.25, -0.2) is 4.79 Å². The molecule has 0 radical (unpaired) electrons. The Balaban J connectivity index is 2.66. The van der Waals surface area contributed by atoms with E-state index in [1.165, 1.54) is 21.1 Å². The zero-order valence-electron chi connectivity index (χ0n) is 13.4. The summed E-state index contributed by atoms with van der Waals surface area (Å²) < 4.78 is 19.5. The number of nitrogens with one attached hydrogen (secondary N) is 1. The Morgan fingerprint density at radius 2 is 1.83 bits per heavy atom. The summed E-state index contributed by atoms with van der Waals surface area (Å²) in [5.41, 5.74) is 0.582. The van der Waals surface area contributed by atoms with Crippen molar-refractivity contribution in [1.29, 1.82) is 0 Å². The van der Waals surface area contributed by atoms with Crippen molar-refractivity contribution >= 4 is 18.0 Å². The molecule has 0 saturated heterocycles. The Morgan fingerprint density at radius 1 is 1.13 bits per heavy atom. The zero-order valence-corrected chi connectivity index (χ0v) is 13.4. The number of alkyl carbamates (subject to hydrolysis) is 1. The van der Waals surface area contributed by atoms with Gasteiger partial charge in [0.1, 0.15) is 11.5 Å². The second kappa shape index (κ2) is 8.62. The first-order chi connectivity index (χ1) is 10.9. The van der Waals surface area contributed by atoms with E-state index in [-0.39, 0.29) is 6.42 Å². The average Bonchev–Trinajstić information content (AvgIpc) is 2.54. The number of rotatable bonds is 6. The lowest BCUT2D eigenvalue weighted by atomic mass is 10.1. The van der Waals surface area contributed by atoms with E-state index in [0.29, 0.717) is 17.1 Å². The van der Waals surface area contributed by atoms with Crippen LogP contribution < -0.4 is 14.8 Å². The molecule has 0 saturated carbocycles. The Bertz CT molecular complexity index is 585. The van der Waals surface area contributed by atoms with E-state index < -0.39 is 24.1 Å². The van der Waals surface area contributed by atoms with E-state index in [1.807, 2.05) is 5.32 Å². The summed E-state index contributed by atoms with van der Waals surface area (Å²) in [6.07, 6.45) is -2.15. The number of amides is 2. The van der Waals surface area contributed by atoms with Gasteiger partial charge in [-0.05, 0) is 13.0 Å². The fraction of sp³-hybridized carbons (Fsp3) is 0.400. The monoisotopic (exact) mass is 325 g/mol. The molecule has 2 amide bonds. The van der Waals surface area contributed by atoms with Crippen LogP contribution in [0.3, 0.4) is 0 Å². The number of esters is 1. The van der Waals surface area contributed by atoms with Crippen molar-refractivity contribution in [3.63, 3.8) is 0 Å². The van der Waals surface area contributed by atoms with Crippen LogP contribution in [0.25, 0.3) is 0 Å². The predicted octanol–water partition coefficient (Wildman–Crippen LogP) is 1.06. The van der Waals surface area contributed by atoms with Gasteiger partial charge in [0.15, 0.2) is 6.10 Å². The molecule has 126 valence electrons. The molecule has 1 aromatic rings. The molecule has 1 N–H and O–H groups in total. The molecular weight excluding hydrogens is 306 g/mol. The SMILES string of the molecule is COC(=O)NC(=O)[C@H](C)OC(=O)Cc1ccc(OC)cc1OC. The van der Waals surface area contributed by atoms with E-state index >= 15 is 0 Å². The third kappa shape index (κ3) is 5.50. The summed E-state index contributed by atoms with van der Waals surface area (Å²) in [6.45, 7) is 1.35. The van der Waals surface area contributed by atoms with Gasteiger partial charge in [-0.15, -0.1) is 0 Å². The molecule has 0 unspecified atom stereocenters. The zero-order chi connectivity index (χ0) is 17.4. The first-order valence-electron chi connectivity index (χ1n) is 6.70. The molecule has 23 heavy (non-hydrogen) atoms. The van der Waals surface area contributed by atoms with Gasteiger partial charge in [0.05, 0.1) is 27.8 Å². The van der Waals surface area contributed by atoms with Gasteiger partial charge in [-0.1, -0.05) is 6.07 Å². The molecule has 0 bridgehead atoms. The lowest BCUT2D eigenvalue weighted by Gasteiger charge is -2.14. The van der Waals surface area contributed by atoms with Crippen LogP contribution in [-0.4, -0.2) is 45.4 Å². The molecular formula is C15H19NO7. The summed E-state index contributed by atoms with van der Waals surface area (Å²) in [5, 5.41) is 1.92. The molecule has 0 heterocycles. The molecule has 0 spiro atoms. The van der Waals surface area contributed by atoms with E-state index in [4.69, 9.17) is 14.2 Å². The first kappa shape index (κ1) is 18.3. The Kier molecular flexibility index (Phi) is 6.85. The molecule has 8 heteroatoms. The van der Waals surface area contributed by atoms with Gasteiger partial charge in [0, 0.05) is 11.6 Å². The van der Waals surface area contributed by atoms with Crippen LogP contribution in [0, 0.1) is 0 Å². The highest BCUT2D eigenvalue weighted by atomic mass is 16.6. The summed E-state index contributed by atoms with van der Waals surface area (Å²) in [7, 11) is 4.11. The number of carbonyl (C=O) groups is 3. The summed E-state index contributed by atoms with van der Waals surface area (Å²) in [5.74, 6) is -0.356. The molecule has 0 fully saturated rings. The van der Waals surface area contributed by atoms with Crippen molar-refractivity contribution in [2.24, 2.45) is 0 Å². The number of benzene rings is 1. The third-order valence-corrected chi connectivity index (χ3v) is 2.92. The second-order valence-electron chi connectivity index (χ2n) is 4.47. The van der Waals surface area contributed by atoms with Crippen molar-refractivity contribution < 1.29 is 33.3 Å². The normalized spacial score (nSPS) is 11.1. The fourth-order valence-corrected chi connectivity index (χ4v) is 1.70. The third-order valence-electron chi connectivity index (χ3n) is 2.92. The largest absolute Gasteiger partial charge is 0.497 e. The van der Waals surface area contributed by atoms with Gasteiger partial charge < -0.3 is 18.9 Å². The van der Waals surface area contributed by atoms with E-state index in [9.17, 15) is 14.4 Å². The molecule has 8 nitrogen and oxygen atoms in total. The van der Waals surface area contributed by atoms with E-state index in [2.05, 4.69) is 4.74 Å². The topological polar surface area (TPSA) is 100 Å². The van der Waals surface area contributed by atoms with Crippen LogP contribution in [0.2, 0.25) is 0 Å². The summed E-state index contributed by atoms with van der Waals surface area (Å²) >= 11 is 0. The highest BCUT2D eigenvalue weighted by Crippen LogP contribution is 2.25. The molecule has 0 aliphatic rings. The quantitative estimate of drug-likeness (QED) is 0.781. The highest BCUT2D eigenvalue weighted by Gasteiger charge is 2.21. The van der Waals surface area contributed by atoms with Crippen molar-refractivity contribution in [3.05, 3.63) is 23.8 Å². The molecule has 0 aliphatic heterocycles. The Hall–Kier alpha value is -2.77. The van der Waals surface area contributed by atoms with Gasteiger partial charge in [0.25, 0.3) is 5.91 Å². The summed E-state index contributed by atoms with van der Waals surface area (Å²) in [4.78, 5) is 34.4. The van der Waals surface area contributed by atoms with Crippen molar-refractivity contribution in [3.8, 4) is 11.5 Å². The maximum atomic E-state index is 11.9. The van der Waals surface area contributed by atoms with Crippen molar-refractivity contribution in [2.45, 2.75) is 19.4 Å². The predicted molar refractivity (Wildman–Crippen MR) is 79.4 cm³/mol. The number of carbonyl (C=O) groups excluding carboxylic acids is 3. The molecule has 0 aliphatic carbocycles. The van der Waals surface area contributed by atoms with Crippen LogP contribution in [0.5, 0.6) is 11.5 Å². The first-order valence-corrected chi connectivity index (χ1v) is 6.70. The minimum atomic E-state index is -1.13. The molecule has 1 aromatic carbocycles. The number of methoxy groups -OCH3 is 3. The van der Waals surface area contributed by atoms with Gasteiger partial charge >= 0.3 is 12.1 Å². The van der Waals surface area contributed by atoms with Gasteiger partial charge in [0.2, 0.25) is 0 Å². The van der Waals surface area contributed by atoms with Crippen LogP contribution in [-0.2, 0) is 25.5 Å². The van der Waals surface area contributed by atoms with Crippen LogP contribution in [0.1, 0.15) is 12.5 Å². The maximum absolute atomic E-state index is 11.9. The smallest absolute Gasteiger partial charge is 0.413 e. The van der Waals surface area contributed by atoms with Crippen LogP contribution in [0.4, 0.5) is 4.79 Å². The lowest BCUT2D eigenvalue weighted by molar-refractivity contribution is -0.153. The average molecular weight is 325 g/mol. The highest BCUT2D eigenvalue weighted by molar-refractivity contribution is 5.95. The molecule has 0 aromatic heterocycles. The van der Waals surface area contributed by atoms with Gasteiger partial charge in [-0.2, -0.15) is 0 Å². The summed E-state index contributed by atoms with van der Waals surface area (Å²) in [6, 6.07) is 4.98. The number of imide groups is 1. The van der Waals surface area contributed by atoms with Crippen LogP contribution >= 0.6 is 0 Å². The van der Waals surface area contributed by atoms with Gasteiger partial charge in [-0.3, -0.25) is 14.9 Å². The van der Waals surface area contributed by atoms with E-state index in [1.54, 1.807) is 18.2 Å². The Morgan fingerprint density at radius 3 is 2.39 bits per heavy atom. The number of hydrogen-bond donors (Lipinski definition) is 1. The molecule has 1 atom stereocenters. The van der Waals surface area contributed by atoms with Crippen LogP contribution in [0.15, 0.2) is 18.2 Å².